The lowest BCUT2D eigenvalue weighted by Crippen LogP contribution is -2.01. The van der Waals surface area contributed by atoms with Crippen LogP contribution in [0.2, 0.25) is 0 Å². The molecule has 70 valence electrons. The maximum Gasteiger partial charge on any atom is 0.124 e. The molecule has 0 aliphatic heterocycles. The third kappa shape index (κ3) is 3.74. The number of hydrogen-bond donors (Lipinski definition) is 0. The van der Waals surface area contributed by atoms with Crippen LogP contribution in [0, 0.1) is 0 Å². The SMILES string of the molecule is CCC(C)O/N=C/c1ccccc1. The average molecular weight is 177 g/mol. The van der Waals surface area contributed by atoms with Crippen molar-refractivity contribution in [1.82, 2.24) is 0 Å². The summed E-state index contributed by atoms with van der Waals surface area (Å²) >= 11 is 0. The van der Waals surface area contributed by atoms with Crippen molar-refractivity contribution in [3.63, 3.8) is 0 Å². The molecule has 0 amide bonds. The number of benzene rings is 1. The molecule has 1 rings (SSSR count). The topological polar surface area (TPSA) is 21.6 Å². The van der Waals surface area contributed by atoms with Crippen LogP contribution < -0.4 is 0 Å². The molecule has 1 aromatic rings. The highest BCUT2D eigenvalue weighted by molar-refractivity contribution is 5.78. The smallest absolute Gasteiger partial charge is 0.124 e. The lowest BCUT2D eigenvalue weighted by Gasteiger charge is -2.04. The molecule has 0 bridgehead atoms. The summed E-state index contributed by atoms with van der Waals surface area (Å²) in [4.78, 5) is 5.16. The summed E-state index contributed by atoms with van der Waals surface area (Å²) in [5.74, 6) is 0. The van der Waals surface area contributed by atoms with E-state index in [4.69, 9.17) is 4.84 Å². The zero-order chi connectivity index (χ0) is 9.52. The molecule has 1 atom stereocenters. The van der Waals surface area contributed by atoms with Crippen molar-refractivity contribution < 1.29 is 4.84 Å². The van der Waals surface area contributed by atoms with Crippen LogP contribution in [0.15, 0.2) is 35.5 Å². The molecule has 13 heavy (non-hydrogen) atoms. The van der Waals surface area contributed by atoms with Gasteiger partial charge in [0, 0.05) is 0 Å². The van der Waals surface area contributed by atoms with Crippen molar-refractivity contribution in [2.75, 3.05) is 0 Å². The Morgan fingerprint density at radius 2 is 2.08 bits per heavy atom. The first-order valence-electron chi connectivity index (χ1n) is 4.57. The fraction of sp³-hybridized carbons (Fsp3) is 0.364. The van der Waals surface area contributed by atoms with Gasteiger partial charge in [-0.05, 0) is 18.9 Å². The largest absolute Gasteiger partial charge is 0.393 e. The van der Waals surface area contributed by atoms with Gasteiger partial charge in [-0.25, -0.2) is 0 Å². The number of oxime groups is 1. The molecule has 0 radical (unpaired) electrons. The summed E-state index contributed by atoms with van der Waals surface area (Å²) in [6, 6.07) is 9.91. The van der Waals surface area contributed by atoms with E-state index in [9.17, 15) is 0 Å². The highest BCUT2D eigenvalue weighted by Gasteiger charge is 1.94. The maximum atomic E-state index is 5.16. The standard InChI is InChI=1S/C11H15NO/c1-3-10(2)13-12-9-11-7-5-4-6-8-11/h4-10H,3H2,1-2H3/b12-9+. The van der Waals surface area contributed by atoms with Crippen LogP contribution >= 0.6 is 0 Å². The summed E-state index contributed by atoms with van der Waals surface area (Å²) < 4.78 is 0. The Labute approximate surface area is 79.2 Å². The van der Waals surface area contributed by atoms with E-state index in [1.807, 2.05) is 37.3 Å². The molecule has 0 saturated carbocycles. The quantitative estimate of drug-likeness (QED) is 0.512. The van der Waals surface area contributed by atoms with Gasteiger partial charge in [0.05, 0.1) is 6.21 Å². The van der Waals surface area contributed by atoms with Crippen LogP contribution in [0.1, 0.15) is 25.8 Å². The normalized spacial score (nSPS) is 13.1. The van der Waals surface area contributed by atoms with Crippen LogP contribution in [-0.2, 0) is 4.84 Å². The summed E-state index contributed by atoms with van der Waals surface area (Å²) in [7, 11) is 0. The first kappa shape index (κ1) is 9.78. The Morgan fingerprint density at radius 1 is 1.38 bits per heavy atom. The molecule has 0 fully saturated rings. The van der Waals surface area contributed by atoms with Crippen molar-refractivity contribution in [3.8, 4) is 0 Å². The monoisotopic (exact) mass is 177 g/mol. The van der Waals surface area contributed by atoms with Gasteiger partial charge in [-0.2, -0.15) is 0 Å². The van der Waals surface area contributed by atoms with Gasteiger partial charge in [0.1, 0.15) is 6.10 Å². The van der Waals surface area contributed by atoms with Crippen molar-refractivity contribution in [2.24, 2.45) is 5.16 Å². The van der Waals surface area contributed by atoms with Gasteiger partial charge in [-0.3, -0.25) is 0 Å². The van der Waals surface area contributed by atoms with E-state index in [-0.39, 0.29) is 6.10 Å². The summed E-state index contributed by atoms with van der Waals surface area (Å²) in [5, 5.41) is 3.89. The average Bonchev–Trinajstić information content (AvgIpc) is 2.19. The van der Waals surface area contributed by atoms with Crippen LogP contribution in [0.5, 0.6) is 0 Å². The lowest BCUT2D eigenvalue weighted by atomic mass is 10.2. The molecule has 0 N–H and O–H groups in total. The predicted octanol–water partition coefficient (Wildman–Crippen LogP) is 2.84. The Kier molecular flexibility index (Phi) is 4.03. The first-order valence-corrected chi connectivity index (χ1v) is 4.57. The van der Waals surface area contributed by atoms with Crippen molar-refractivity contribution >= 4 is 6.21 Å². The number of nitrogens with zero attached hydrogens (tertiary/aromatic N) is 1. The van der Waals surface area contributed by atoms with Crippen LogP contribution in [0.4, 0.5) is 0 Å². The molecule has 0 aliphatic rings. The third-order valence-electron chi connectivity index (χ3n) is 1.82. The Hall–Kier alpha value is -1.31. The van der Waals surface area contributed by atoms with Gasteiger partial charge in [-0.1, -0.05) is 42.4 Å². The van der Waals surface area contributed by atoms with Gasteiger partial charge >= 0.3 is 0 Å². The first-order chi connectivity index (χ1) is 6.33. The molecule has 2 heteroatoms. The van der Waals surface area contributed by atoms with Crippen molar-refractivity contribution in [3.05, 3.63) is 35.9 Å². The molecule has 2 nitrogen and oxygen atoms in total. The minimum atomic E-state index is 0.194. The molecule has 0 aliphatic carbocycles. The summed E-state index contributed by atoms with van der Waals surface area (Å²) in [6.45, 7) is 4.07. The molecule has 1 unspecified atom stereocenters. The van der Waals surface area contributed by atoms with E-state index in [2.05, 4.69) is 12.1 Å². The predicted molar refractivity (Wildman–Crippen MR) is 54.9 cm³/mol. The second-order valence-electron chi connectivity index (χ2n) is 2.97. The Bertz CT molecular complexity index is 256. The second kappa shape index (κ2) is 5.36. The minimum Gasteiger partial charge on any atom is -0.393 e. The van der Waals surface area contributed by atoms with E-state index in [1.165, 1.54) is 0 Å². The van der Waals surface area contributed by atoms with Gasteiger partial charge in [0.15, 0.2) is 0 Å². The highest BCUT2D eigenvalue weighted by Crippen LogP contribution is 1.98. The molecular formula is C11H15NO. The second-order valence-corrected chi connectivity index (χ2v) is 2.97. The molecule has 0 aromatic heterocycles. The fourth-order valence-electron chi connectivity index (χ4n) is 0.809. The maximum absolute atomic E-state index is 5.16. The van der Waals surface area contributed by atoms with Crippen molar-refractivity contribution in [1.29, 1.82) is 0 Å². The Balaban J connectivity index is 2.41. The van der Waals surface area contributed by atoms with Crippen LogP contribution in [0.25, 0.3) is 0 Å². The Morgan fingerprint density at radius 3 is 2.69 bits per heavy atom. The molecular weight excluding hydrogens is 162 g/mol. The van der Waals surface area contributed by atoms with Crippen LogP contribution in [-0.4, -0.2) is 12.3 Å². The minimum absolute atomic E-state index is 0.194. The molecule has 0 spiro atoms. The van der Waals surface area contributed by atoms with E-state index in [1.54, 1.807) is 6.21 Å². The summed E-state index contributed by atoms with van der Waals surface area (Å²) in [5.41, 5.74) is 1.06. The molecule has 1 aromatic carbocycles. The van der Waals surface area contributed by atoms with E-state index in [0.717, 1.165) is 12.0 Å². The zero-order valence-corrected chi connectivity index (χ0v) is 8.10. The van der Waals surface area contributed by atoms with Gasteiger partial charge in [-0.15, -0.1) is 0 Å². The van der Waals surface area contributed by atoms with Crippen molar-refractivity contribution in [2.45, 2.75) is 26.4 Å². The fourth-order valence-corrected chi connectivity index (χ4v) is 0.809. The van der Waals surface area contributed by atoms with E-state index >= 15 is 0 Å². The number of hydrogen-bond acceptors (Lipinski definition) is 2. The van der Waals surface area contributed by atoms with E-state index < -0.39 is 0 Å². The van der Waals surface area contributed by atoms with Gasteiger partial charge in [0.2, 0.25) is 0 Å². The van der Waals surface area contributed by atoms with Gasteiger partial charge < -0.3 is 4.84 Å². The zero-order valence-electron chi connectivity index (χ0n) is 8.10. The van der Waals surface area contributed by atoms with Crippen LogP contribution in [0.3, 0.4) is 0 Å². The van der Waals surface area contributed by atoms with Gasteiger partial charge in [0.25, 0.3) is 0 Å². The molecule has 0 heterocycles. The summed E-state index contributed by atoms with van der Waals surface area (Å²) in [6.07, 6.45) is 2.90. The third-order valence-corrected chi connectivity index (χ3v) is 1.82. The lowest BCUT2D eigenvalue weighted by molar-refractivity contribution is 0.0712. The highest BCUT2D eigenvalue weighted by atomic mass is 16.6. The van der Waals surface area contributed by atoms with E-state index in [0.29, 0.717) is 0 Å². The number of rotatable bonds is 4. The molecule has 0 saturated heterocycles.